The molecule has 10 heavy (non-hydrogen) atoms. The minimum Gasteiger partial charge on any atom is -0.394 e. The molecule has 0 bridgehead atoms. The van der Waals surface area contributed by atoms with E-state index in [-0.39, 0.29) is 12.8 Å². The van der Waals surface area contributed by atoms with E-state index in [0.29, 0.717) is 0 Å². The number of carbonyl (C=O) groups is 2. The van der Waals surface area contributed by atoms with Crippen molar-refractivity contribution in [2.24, 2.45) is 0 Å². The fourth-order valence-corrected chi connectivity index (χ4v) is 0.722. The van der Waals surface area contributed by atoms with Gasteiger partial charge in [0, 0.05) is 0 Å². The van der Waals surface area contributed by atoms with Crippen LogP contribution in [0.1, 0.15) is 12.8 Å². The van der Waals surface area contributed by atoms with Crippen LogP contribution in [0.3, 0.4) is 0 Å². The summed E-state index contributed by atoms with van der Waals surface area (Å²) in [5.74, 6) is -0.829. The molecular formula is C4H4I2O4. The Kier molecular flexibility index (Phi) is 6.38. The smallest absolute Gasteiger partial charge is 0.315 e. The molecule has 4 nitrogen and oxygen atoms in total. The molecule has 0 aromatic heterocycles. The lowest BCUT2D eigenvalue weighted by molar-refractivity contribution is -0.137. The zero-order valence-electron chi connectivity index (χ0n) is 4.80. The third kappa shape index (κ3) is 5.21. The van der Waals surface area contributed by atoms with Crippen molar-refractivity contribution in [3.63, 3.8) is 0 Å². The molecule has 0 heterocycles. The van der Waals surface area contributed by atoms with Gasteiger partial charge in [0.1, 0.15) is 0 Å². The van der Waals surface area contributed by atoms with E-state index in [1.165, 1.54) is 46.0 Å². The van der Waals surface area contributed by atoms with Crippen molar-refractivity contribution in [2.75, 3.05) is 0 Å². The van der Waals surface area contributed by atoms with Crippen LogP contribution in [0.5, 0.6) is 0 Å². The van der Waals surface area contributed by atoms with Crippen LogP contribution in [0.4, 0.5) is 0 Å². The summed E-state index contributed by atoms with van der Waals surface area (Å²) in [7, 11) is 0. The second-order valence-corrected chi connectivity index (χ2v) is 2.28. The third-order valence-electron chi connectivity index (χ3n) is 0.705. The number of hydrogen-bond acceptors (Lipinski definition) is 4. The third-order valence-corrected chi connectivity index (χ3v) is 1.69. The Morgan fingerprint density at radius 1 is 1.00 bits per heavy atom. The van der Waals surface area contributed by atoms with Crippen molar-refractivity contribution in [2.45, 2.75) is 12.8 Å². The molecule has 0 amide bonds. The molecule has 0 radical (unpaired) electrons. The monoisotopic (exact) mass is 370 g/mol. The molecule has 58 valence electrons. The molecule has 0 atom stereocenters. The normalized spacial score (nSPS) is 8.60. The fraction of sp³-hybridized carbons (Fsp3) is 0.500. The highest BCUT2D eigenvalue weighted by molar-refractivity contribution is 14.1. The number of hydrogen-bond donors (Lipinski definition) is 0. The van der Waals surface area contributed by atoms with Gasteiger partial charge >= 0.3 is 11.9 Å². The van der Waals surface area contributed by atoms with Gasteiger partial charge in [-0.3, -0.25) is 9.59 Å². The Labute approximate surface area is 86.0 Å². The summed E-state index contributed by atoms with van der Waals surface area (Å²) in [6, 6.07) is 0. The summed E-state index contributed by atoms with van der Waals surface area (Å²) < 4.78 is 8.53. The number of carbonyl (C=O) groups excluding carboxylic acids is 2. The molecule has 0 rings (SSSR count). The van der Waals surface area contributed by atoms with E-state index in [9.17, 15) is 9.59 Å². The van der Waals surface area contributed by atoms with Gasteiger partial charge in [-0.1, -0.05) is 0 Å². The van der Waals surface area contributed by atoms with E-state index < -0.39 is 11.9 Å². The molecule has 0 saturated carbocycles. The van der Waals surface area contributed by atoms with Crippen molar-refractivity contribution in [3.05, 3.63) is 0 Å². The molecule has 0 N–H and O–H groups in total. The van der Waals surface area contributed by atoms with Gasteiger partial charge in [0.25, 0.3) is 0 Å². The van der Waals surface area contributed by atoms with E-state index in [0.717, 1.165) is 0 Å². The molecular weight excluding hydrogens is 366 g/mol. The molecule has 6 heteroatoms. The first-order valence-corrected chi connectivity index (χ1v) is 4.09. The van der Waals surface area contributed by atoms with E-state index in [1.54, 1.807) is 0 Å². The first-order chi connectivity index (χ1) is 4.70. The zero-order valence-corrected chi connectivity index (χ0v) is 9.12. The largest absolute Gasteiger partial charge is 0.394 e. The van der Waals surface area contributed by atoms with Crippen LogP contribution in [0.25, 0.3) is 0 Å². The van der Waals surface area contributed by atoms with Crippen LogP contribution in [0.2, 0.25) is 0 Å². The van der Waals surface area contributed by atoms with Gasteiger partial charge in [0.05, 0.1) is 12.8 Å². The van der Waals surface area contributed by atoms with Crippen molar-refractivity contribution >= 4 is 58.0 Å². The lowest BCUT2D eigenvalue weighted by atomic mass is 10.3. The minimum atomic E-state index is -0.414. The second-order valence-electron chi connectivity index (χ2n) is 1.40. The fourth-order valence-electron chi connectivity index (χ4n) is 0.281. The lowest BCUT2D eigenvalue weighted by Crippen LogP contribution is -2.02. The lowest BCUT2D eigenvalue weighted by Gasteiger charge is -1.93. The standard InChI is InChI=1S/C4H4I2O4/c5-9-3(7)1-2-4(8)10-6/h1-2H2. The van der Waals surface area contributed by atoms with Crippen LogP contribution >= 0.6 is 46.0 Å². The summed E-state index contributed by atoms with van der Waals surface area (Å²) in [6.45, 7) is 0. The van der Waals surface area contributed by atoms with Gasteiger partial charge < -0.3 is 6.13 Å². The predicted molar refractivity (Wildman–Crippen MR) is 49.5 cm³/mol. The number of rotatable bonds is 3. The minimum absolute atomic E-state index is 0.0742. The Morgan fingerprint density at radius 3 is 1.50 bits per heavy atom. The number of halogens is 2. The van der Waals surface area contributed by atoms with Gasteiger partial charge in [-0.25, -0.2) is 0 Å². The van der Waals surface area contributed by atoms with Gasteiger partial charge in [-0.15, -0.1) is 0 Å². The highest BCUT2D eigenvalue weighted by Gasteiger charge is 2.06. The average Bonchev–Trinajstić information content (AvgIpc) is 1.99. The van der Waals surface area contributed by atoms with Crippen LogP contribution in [0.15, 0.2) is 0 Å². The quantitative estimate of drug-likeness (QED) is 0.708. The van der Waals surface area contributed by atoms with Crippen LogP contribution in [-0.4, -0.2) is 11.9 Å². The topological polar surface area (TPSA) is 52.6 Å². The molecule has 0 saturated heterocycles. The summed E-state index contributed by atoms with van der Waals surface area (Å²) in [4.78, 5) is 20.8. The van der Waals surface area contributed by atoms with Crippen molar-refractivity contribution in [1.82, 2.24) is 0 Å². The highest BCUT2D eigenvalue weighted by atomic mass is 127. The van der Waals surface area contributed by atoms with Crippen molar-refractivity contribution in [3.8, 4) is 0 Å². The molecule has 0 aromatic rings. The van der Waals surface area contributed by atoms with Gasteiger partial charge in [-0.2, -0.15) is 0 Å². The summed E-state index contributed by atoms with van der Waals surface area (Å²) in [5.41, 5.74) is 0. The first-order valence-electron chi connectivity index (χ1n) is 2.33. The van der Waals surface area contributed by atoms with Gasteiger partial charge in [0.2, 0.25) is 0 Å². The maximum absolute atomic E-state index is 10.4. The predicted octanol–water partition coefficient (Wildman–Crippen LogP) is 1.55. The molecule has 0 aliphatic carbocycles. The Hall–Kier alpha value is 0.400. The summed E-state index contributed by atoms with van der Waals surface area (Å²) in [6.07, 6.45) is 0.148. The Morgan fingerprint density at radius 2 is 1.30 bits per heavy atom. The van der Waals surface area contributed by atoms with Crippen molar-refractivity contribution < 1.29 is 15.7 Å². The van der Waals surface area contributed by atoms with Crippen LogP contribution < -0.4 is 0 Å². The maximum atomic E-state index is 10.4. The van der Waals surface area contributed by atoms with Crippen molar-refractivity contribution in [1.29, 1.82) is 0 Å². The molecule has 0 aliphatic heterocycles. The van der Waals surface area contributed by atoms with E-state index in [2.05, 4.69) is 6.13 Å². The SMILES string of the molecule is O=C(CCC(=O)OI)OI. The average molecular weight is 370 g/mol. The molecule has 0 spiro atoms. The molecule has 0 aliphatic rings. The van der Waals surface area contributed by atoms with E-state index in [4.69, 9.17) is 0 Å². The maximum Gasteiger partial charge on any atom is 0.315 e. The first kappa shape index (κ1) is 10.4. The molecule has 0 aromatic carbocycles. The second kappa shape index (κ2) is 6.13. The van der Waals surface area contributed by atoms with E-state index in [1.807, 2.05) is 0 Å². The van der Waals surface area contributed by atoms with E-state index >= 15 is 0 Å². The van der Waals surface area contributed by atoms with Crippen LogP contribution in [-0.2, 0) is 15.7 Å². The van der Waals surface area contributed by atoms with Crippen LogP contribution in [0, 0.1) is 0 Å². The zero-order chi connectivity index (χ0) is 7.98. The van der Waals surface area contributed by atoms with Gasteiger partial charge in [0.15, 0.2) is 46.0 Å². The van der Waals surface area contributed by atoms with Gasteiger partial charge in [-0.05, 0) is 0 Å². The Balaban J connectivity index is 3.35. The summed E-state index contributed by atoms with van der Waals surface area (Å²) >= 11 is 2.94. The molecule has 0 fully saturated rings. The summed E-state index contributed by atoms with van der Waals surface area (Å²) in [5, 5.41) is 0. The Bertz CT molecular complexity index is 119. The highest BCUT2D eigenvalue weighted by Crippen LogP contribution is 2.00. The molecule has 0 unspecified atom stereocenters.